The lowest BCUT2D eigenvalue weighted by atomic mass is 9.92. The lowest BCUT2D eigenvalue weighted by molar-refractivity contribution is 0.0358. The summed E-state index contributed by atoms with van der Waals surface area (Å²) in [7, 11) is 0. The number of para-hydroxylation sites is 1. The summed E-state index contributed by atoms with van der Waals surface area (Å²) >= 11 is 0. The van der Waals surface area contributed by atoms with Crippen molar-refractivity contribution in [3.05, 3.63) is 41.1 Å². The second-order valence-electron chi connectivity index (χ2n) is 7.24. The molecule has 0 saturated carbocycles. The predicted molar refractivity (Wildman–Crippen MR) is 110 cm³/mol. The third kappa shape index (κ3) is 4.35. The summed E-state index contributed by atoms with van der Waals surface area (Å²) in [4.78, 5) is 6.84. The Hall–Kier alpha value is -2.66. The zero-order chi connectivity index (χ0) is 20.1. The molecule has 0 amide bonds. The molecule has 1 saturated heterocycles. The van der Waals surface area contributed by atoms with E-state index >= 15 is 0 Å². The molecule has 1 fully saturated rings. The van der Waals surface area contributed by atoms with Crippen molar-refractivity contribution in [2.75, 3.05) is 51.8 Å². The van der Waals surface area contributed by atoms with E-state index in [4.69, 9.17) is 19.9 Å². The molecule has 7 nitrogen and oxygen atoms in total. The largest absolute Gasteiger partial charge is 0.493 e. The van der Waals surface area contributed by atoms with Crippen LogP contribution in [0.3, 0.4) is 0 Å². The van der Waals surface area contributed by atoms with Crippen molar-refractivity contribution in [3.8, 4) is 22.9 Å². The second kappa shape index (κ2) is 9.23. The Balaban J connectivity index is 1.57. The zero-order valence-corrected chi connectivity index (χ0v) is 16.5. The molecular weight excluding hydrogens is 368 g/mol. The van der Waals surface area contributed by atoms with Gasteiger partial charge >= 0.3 is 0 Å². The highest BCUT2D eigenvalue weighted by Gasteiger charge is 2.24. The van der Waals surface area contributed by atoms with E-state index in [1.165, 1.54) is 0 Å². The molecule has 152 valence electrons. The number of hydrogen-bond donors (Lipinski definition) is 1. The van der Waals surface area contributed by atoms with Gasteiger partial charge in [0.25, 0.3) is 0 Å². The number of nitrogen functional groups attached to an aromatic ring is 1. The van der Waals surface area contributed by atoms with Gasteiger partial charge < -0.3 is 19.9 Å². The standard InChI is InChI=1S/C22H26N4O3/c23-14-17-21(18-15-28-11-6-19(18)25-22(17)24)16-4-1-2-5-20(16)29-10-3-7-26-8-12-27-13-9-26/h1-2,4-5H,3,6-13,15H2,(H2,24,25). The SMILES string of the molecule is N#Cc1c(N)nc2c(c1-c1ccccc1OCCCN1CCOCC1)COCC2. The van der Waals surface area contributed by atoms with Crippen molar-refractivity contribution in [1.29, 1.82) is 5.26 Å². The fourth-order valence-electron chi connectivity index (χ4n) is 3.90. The summed E-state index contributed by atoms with van der Waals surface area (Å²) in [5.41, 5.74) is 10.0. The number of rotatable bonds is 6. The molecule has 7 heteroatoms. The molecular formula is C22H26N4O3. The van der Waals surface area contributed by atoms with Crippen LogP contribution in [0.4, 0.5) is 5.82 Å². The van der Waals surface area contributed by atoms with Gasteiger partial charge in [0.2, 0.25) is 0 Å². The van der Waals surface area contributed by atoms with Gasteiger partial charge in [-0.2, -0.15) is 5.26 Å². The van der Waals surface area contributed by atoms with E-state index in [1.54, 1.807) is 0 Å². The number of anilines is 1. The number of morpholine rings is 1. The van der Waals surface area contributed by atoms with Crippen molar-refractivity contribution in [2.24, 2.45) is 0 Å². The molecule has 2 aromatic rings. The summed E-state index contributed by atoms with van der Waals surface area (Å²) in [5.74, 6) is 1.02. The fourth-order valence-corrected chi connectivity index (χ4v) is 3.90. The van der Waals surface area contributed by atoms with E-state index in [0.717, 1.165) is 67.4 Å². The van der Waals surface area contributed by atoms with Crippen LogP contribution in [0.25, 0.3) is 11.1 Å². The molecule has 0 spiro atoms. The van der Waals surface area contributed by atoms with Crippen molar-refractivity contribution < 1.29 is 14.2 Å². The Labute approximate surface area is 171 Å². The van der Waals surface area contributed by atoms with Crippen LogP contribution in [0, 0.1) is 11.3 Å². The number of fused-ring (bicyclic) bond motifs is 1. The van der Waals surface area contributed by atoms with Gasteiger partial charge in [0.05, 0.1) is 38.7 Å². The van der Waals surface area contributed by atoms with Crippen LogP contribution in [0.1, 0.15) is 23.2 Å². The lowest BCUT2D eigenvalue weighted by Crippen LogP contribution is -2.37. The quantitative estimate of drug-likeness (QED) is 0.752. The summed E-state index contributed by atoms with van der Waals surface area (Å²) in [5, 5.41) is 9.74. The average molecular weight is 394 g/mol. The lowest BCUT2D eigenvalue weighted by Gasteiger charge is -2.26. The average Bonchev–Trinajstić information content (AvgIpc) is 2.77. The molecule has 2 aliphatic heterocycles. The number of ether oxygens (including phenoxy) is 3. The van der Waals surface area contributed by atoms with Crippen molar-refractivity contribution in [1.82, 2.24) is 9.88 Å². The van der Waals surface area contributed by atoms with Crippen molar-refractivity contribution in [3.63, 3.8) is 0 Å². The minimum atomic E-state index is 0.269. The number of nitrogens with zero attached hydrogens (tertiary/aromatic N) is 3. The van der Waals surface area contributed by atoms with Crippen LogP contribution in [0.2, 0.25) is 0 Å². The number of nitrogens with two attached hydrogens (primary N) is 1. The number of aromatic nitrogens is 1. The molecule has 0 radical (unpaired) electrons. The Morgan fingerprint density at radius 3 is 2.83 bits per heavy atom. The Kier molecular flexibility index (Phi) is 6.25. The molecule has 0 unspecified atom stereocenters. The van der Waals surface area contributed by atoms with Gasteiger partial charge in [0, 0.05) is 42.7 Å². The summed E-state index contributed by atoms with van der Waals surface area (Å²) in [6.45, 7) is 6.20. The summed E-state index contributed by atoms with van der Waals surface area (Å²) < 4.78 is 17.2. The maximum Gasteiger partial charge on any atom is 0.142 e. The van der Waals surface area contributed by atoms with E-state index in [2.05, 4.69) is 16.0 Å². The van der Waals surface area contributed by atoms with Gasteiger partial charge in [0.15, 0.2) is 0 Å². The van der Waals surface area contributed by atoms with Crippen LogP contribution in [0.15, 0.2) is 24.3 Å². The number of hydrogen-bond acceptors (Lipinski definition) is 7. The molecule has 0 bridgehead atoms. The van der Waals surface area contributed by atoms with E-state index in [0.29, 0.717) is 31.8 Å². The number of nitriles is 1. The topological polar surface area (TPSA) is 93.6 Å². The van der Waals surface area contributed by atoms with Gasteiger partial charge in [-0.25, -0.2) is 4.98 Å². The highest BCUT2D eigenvalue weighted by molar-refractivity contribution is 5.82. The van der Waals surface area contributed by atoms with Crippen molar-refractivity contribution in [2.45, 2.75) is 19.4 Å². The highest BCUT2D eigenvalue weighted by Crippen LogP contribution is 2.39. The first-order valence-corrected chi connectivity index (χ1v) is 10.1. The third-order valence-corrected chi connectivity index (χ3v) is 5.39. The molecule has 4 rings (SSSR count). The number of pyridine rings is 1. The second-order valence-corrected chi connectivity index (χ2v) is 7.24. The fraction of sp³-hybridized carbons (Fsp3) is 0.455. The van der Waals surface area contributed by atoms with Crippen molar-refractivity contribution >= 4 is 5.82 Å². The van der Waals surface area contributed by atoms with Gasteiger partial charge in [-0.1, -0.05) is 18.2 Å². The third-order valence-electron chi connectivity index (χ3n) is 5.39. The molecule has 0 atom stereocenters. The predicted octanol–water partition coefficient (Wildman–Crippen LogP) is 2.38. The first-order valence-electron chi connectivity index (χ1n) is 10.1. The summed E-state index contributed by atoms with van der Waals surface area (Å²) in [6.07, 6.45) is 1.62. The molecule has 0 aliphatic carbocycles. The van der Waals surface area contributed by atoms with E-state index in [9.17, 15) is 5.26 Å². The maximum atomic E-state index is 9.74. The van der Waals surface area contributed by atoms with Gasteiger partial charge in [-0.3, -0.25) is 4.90 Å². The van der Waals surface area contributed by atoms with Gasteiger partial charge in [0.1, 0.15) is 23.2 Å². The minimum absolute atomic E-state index is 0.269. The smallest absolute Gasteiger partial charge is 0.142 e. The monoisotopic (exact) mass is 394 g/mol. The first kappa shape index (κ1) is 19.6. The Morgan fingerprint density at radius 1 is 1.17 bits per heavy atom. The molecule has 2 N–H and O–H groups in total. The number of benzene rings is 1. The summed E-state index contributed by atoms with van der Waals surface area (Å²) in [6, 6.07) is 10.0. The van der Waals surface area contributed by atoms with E-state index in [1.807, 2.05) is 24.3 Å². The maximum absolute atomic E-state index is 9.74. The highest BCUT2D eigenvalue weighted by atomic mass is 16.5. The van der Waals surface area contributed by atoms with Crippen LogP contribution >= 0.6 is 0 Å². The zero-order valence-electron chi connectivity index (χ0n) is 16.5. The van der Waals surface area contributed by atoms with Gasteiger partial charge in [-0.15, -0.1) is 0 Å². The van der Waals surface area contributed by atoms with Crippen LogP contribution in [-0.4, -0.2) is 55.9 Å². The van der Waals surface area contributed by atoms with Gasteiger partial charge in [-0.05, 0) is 12.5 Å². The van der Waals surface area contributed by atoms with Crippen LogP contribution < -0.4 is 10.5 Å². The minimum Gasteiger partial charge on any atom is -0.493 e. The van der Waals surface area contributed by atoms with E-state index in [-0.39, 0.29) is 5.82 Å². The Bertz CT molecular complexity index is 904. The molecule has 1 aromatic heterocycles. The normalized spacial score (nSPS) is 16.8. The molecule has 2 aliphatic rings. The molecule has 3 heterocycles. The first-order chi connectivity index (χ1) is 14.3. The molecule has 1 aromatic carbocycles. The Morgan fingerprint density at radius 2 is 2.00 bits per heavy atom. The van der Waals surface area contributed by atoms with Crippen LogP contribution in [0.5, 0.6) is 5.75 Å². The van der Waals surface area contributed by atoms with Crippen LogP contribution in [-0.2, 0) is 22.5 Å². The van der Waals surface area contributed by atoms with E-state index < -0.39 is 0 Å². The molecule has 29 heavy (non-hydrogen) atoms.